The van der Waals surface area contributed by atoms with E-state index in [9.17, 15) is 14.9 Å². The molecular weight excluding hydrogens is 292 g/mol. The summed E-state index contributed by atoms with van der Waals surface area (Å²) in [7, 11) is 0. The first kappa shape index (κ1) is 15.1. The van der Waals surface area contributed by atoms with Gasteiger partial charge in [-0.05, 0) is 37.4 Å². The van der Waals surface area contributed by atoms with E-state index in [1.807, 2.05) is 0 Å². The number of hydrogen-bond donors (Lipinski definition) is 1. The molecule has 0 aliphatic rings. The van der Waals surface area contributed by atoms with Gasteiger partial charge in [-0.3, -0.25) is 14.9 Å². The molecule has 6 nitrogen and oxygen atoms in total. The van der Waals surface area contributed by atoms with Gasteiger partial charge in [0, 0.05) is 11.6 Å². The smallest absolute Gasteiger partial charge is 0.283 e. The second-order valence-corrected chi connectivity index (χ2v) is 5.20. The Labute approximate surface area is 125 Å². The number of hydrogen-bond acceptors (Lipinski definition) is 5. The molecule has 1 heterocycles. The van der Waals surface area contributed by atoms with Crippen molar-refractivity contribution < 1.29 is 14.1 Å². The molecule has 1 atom stereocenters. The molecule has 0 saturated carbocycles. The minimum absolute atomic E-state index is 0.0687. The average Bonchev–Trinajstić information content (AvgIpc) is 3.00. The number of carbonyl (C=O) groups is 1. The summed E-state index contributed by atoms with van der Waals surface area (Å²) in [6, 6.07) is 7.61. The van der Waals surface area contributed by atoms with E-state index in [1.165, 1.54) is 24.1 Å². The molecule has 0 unspecified atom stereocenters. The number of nitro groups is 1. The number of nitro benzene ring substituents is 1. The predicted molar refractivity (Wildman–Crippen MR) is 79.5 cm³/mol. The van der Waals surface area contributed by atoms with Crippen molar-refractivity contribution in [2.24, 2.45) is 0 Å². The van der Waals surface area contributed by atoms with E-state index >= 15 is 0 Å². The first-order chi connectivity index (χ1) is 10.0. The summed E-state index contributed by atoms with van der Waals surface area (Å²) in [6.45, 7) is 1.78. The zero-order valence-electron chi connectivity index (χ0n) is 11.5. The van der Waals surface area contributed by atoms with Crippen molar-refractivity contribution in [3.8, 4) is 0 Å². The summed E-state index contributed by atoms with van der Waals surface area (Å²) in [4.78, 5) is 23.2. The Morgan fingerprint density at radius 2 is 2.19 bits per heavy atom. The van der Waals surface area contributed by atoms with Gasteiger partial charge < -0.3 is 9.73 Å². The molecule has 1 aromatic carbocycles. The number of benzene rings is 1. The highest BCUT2D eigenvalue weighted by Gasteiger charge is 2.19. The molecule has 0 saturated heterocycles. The van der Waals surface area contributed by atoms with Crippen molar-refractivity contribution >= 4 is 23.4 Å². The average molecular weight is 306 g/mol. The van der Waals surface area contributed by atoms with E-state index < -0.39 is 4.92 Å². The molecule has 0 spiro atoms. The van der Waals surface area contributed by atoms with Crippen LogP contribution in [0.4, 0.5) is 5.69 Å². The molecule has 0 fully saturated rings. The van der Waals surface area contributed by atoms with Gasteiger partial charge in [-0.1, -0.05) is 0 Å². The van der Waals surface area contributed by atoms with Crippen LogP contribution in [0.5, 0.6) is 0 Å². The summed E-state index contributed by atoms with van der Waals surface area (Å²) < 4.78 is 5.20. The van der Waals surface area contributed by atoms with E-state index in [-0.39, 0.29) is 23.2 Å². The van der Waals surface area contributed by atoms with Gasteiger partial charge in [-0.2, -0.15) is 0 Å². The highest BCUT2D eigenvalue weighted by Crippen LogP contribution is 2.28. The van der Waals surface area contributed by atoms with Crippen LogP contribution in [0.25, 0.3) is 0 Å². The van der Waals surface area contributed by atoms with Crippen molar-refractivity contribution in [2.75, 3.05) is 6.26 Å². The maximum absolute atomic E-state index is 12.1. The van der Waals surface area contributed by atoms with Gasteiger partial charge in [0.2, 0.25) is 0 Å². The molecular formula is C14H14N2O4S. The van der Waals surface area contributed by atoms with Crippen LogP contribution < -0.4 is 5.32 Å². The minimum atomic E-state index is -0.488. The Balaban J connectivity index is 2.19. The van der Waals surface area contributed by atoms with Crippen LogP contribution in [0, 0.1) is 10.1 Å². The van der Waals surface area contributed by atoms with Crippen LogP contribution in [0.1, 0.15) is 29.1 Å². The second-order valence-electron chi connectivity index (χ2n) is 4.35. The van der Waals surface area contributed by atoms with Crippen LogP contribution in [0.3, 0.4) is 0 Å². The number of rotatable bonds is 5. The second kappa shape index (κ2) is 6.45. The van der Waals surface area contributed by atoms with Crippen molar-refractivity contribution in [1.82, 2.24) is 5.32 Å². The van der Waals surface area contributed by atoms with Crippen molar-refractivity contribution in [3.63, 3.8) is 0 Å². The lowest BCUT2D eigenvalue weighted by Crippen LogP contribution is -2.26. The van der Waals surface area contributed by atoms with Crippen LogP contribution in [0.15, 0.2) is 45.9 Å². The lowest BCUT2D eigenvalue weighted by Gasteiger charge is -2.11. The van der Waals surface area contributed by atoms with Gasteiger partial charge in [-0.25, -0.2) is 0 Å². The van der Waals surface area contributed by atoms with Gasteiger partial charge in [0.05, 0.1) is 22.1 Å². The fraction of sp³-hybridized carbons (Fsp3) is 0.214. The lowest BCUT2D eigenvalue weighted by atomic mass is 10.1. The summed E-state index contributed by atoms with van der Waals surface area (Å²) in [5, 5.41) is 13.8. The van der Waals surface area contributed by atoms with Gasteiger partial charge in [0.15, 0.2) is 0 Å². The quantitative estimate of drug-likeness (QED) is 0.520. The van der Waals surface area contributed by atoms with Gasteiger partial charge in [0.1, 0.15) is 5.76 Å². The summed E-state index contributed by atoms with van der Waals surface area (Å²) in [5.74, 6) is 0.244. The highest BCUT2D eigenvalue weighted by molar-refractivity contribution is 7.98. The Morgan fingerprint density at radius 3 is 2.76 bits per heavy atom. The molecule has 1 amide bonds. The first-order valence-corrected chi connectivity index (χ1v) is 7.42. The van der Waals surface area contributed by atoms with Crippen LogP contribution in [-0.2, 0) is 0 Å². The molecule has 21 heavy (non-hydrogen) atoms. The van der Waals surface area contributed by atoms with Crippen molar-refractivity contribution in [2.45, 2.75) is 17.9 Å². The van der Waals surface area contributed by atoms with Crippen LogP contribution >= 0.6 is 11.8 Å². The summed E-state index contributed by atoms with van der Waals surface area (Å²) in [5.41, 5.74) is 0.179. The molecule has 0 aliphatic carbocycles. The maximum atomic E-state index is 12.1. The lowest BCUT2D eigenvalue weighted by molar-refractivity contribution is -0.387. The van der Waals surface area contributed by atoms with Gasteiger partial charge in [-0.15, -0.1) is 11.8 Å². The molecule has 0 bridgehead atoms. The molecule has 0 aliphatic heterocycles. The van der Waals surface area contributed by atoms with Crippen LogP contribution in [0.2, 0.25) is 0 Å². The zero-order valence-corrected chi connectivity index (χ0v) is 12.3. The number of carbonyl (C=O) groups excluding carboxylic acids is 1. The van der Waals surface area contributed by atoms with E-state index in [1.54, 1.807) is 37.4 Å². The third kappa shape index (κ3) is 3.43. The molecule has 110 valence electrons. The predicted octanol–water partition coefficient (Wildman–Crippen LogP) is 3.40. The first-order valence-electron chi connectivity index (χ1n) is 6.19. The molecule has 0 radical (unpaired) electrons. The number of nitrogens with zero attached hydrogens (tertiary/aromatic N) is 1. The number of amides is 1. The fourth-order valence-corrected chi connectivity index (χ4v) is 2.41. The monoisotopic (exact) mass is 306 g/mol. The third-order valence-corrected chi connectivity index (χ3v) is 3.74. The molecule has 7 heteroatoms. The fourth-order valence-electron chi connectivity index (χ4n) is 1.86. The standard InChI is InChI=1S/C14H14N2O4S/c1-9(12-4-3-7-20-12)15-14(17)10-5-6-13(21-2)11(8-10)16(18)19/h3-9H,1-2H3,(H,15,17)/t9-/m1/s1. The number of furan rings is 1. The Hall–Kier alpha value is -2.28. The summed E-state index contributed by atoms with van der Waals surface area (Å²) >= 11 is 1.27. The SMILES string of the molecule is CSc1ccc(C(=O)N[C@H](C)c2ccco2)cc1[N+](=O)[O-]. The minimum Gasteiger partial charge on any atom is -0.467 e. The normalized spacial score (nSPS) is 11.9. The topological polar surface area (TPSA) is 85.4 Å². The van der Waals surface area contributed by atoms with Crippen molar-refractivity contribution in [3.05, 3.63) is 58.0 Å². The molecule has 1 N–H and O–H groups in total. The largest absolute Gasteiger partial charge is 0.467 e. The van der Waals surface area contributed by atoms with Crippen LogP contribution in [-0.4, -0.2) is 17.1 Å². The molecule has 2 rings (SSSR count). The van der Waals surface area contributed by atoms with Gasteiger partial charge >= 0.3 is 0 Å². The molecule has 2 aromatic rings. The Bertz CT molecular complexity index is 655. The van der Waals surface area contributed by atoms with E-state index in [0.29, 0.717) is 10.7 Å². The van der Waals surface area contributed by atoms with E-state index in [4.69, 9.17) is 4.42 Å². The van der Waals surface area contributed by atoms with E-state index in [0.717, 1.165) is 0 Å². The summed E-state index contributed by atoms with van der Waals surface area (Å²) in [6.07, 6.45) is 3.27. The number of thioether (sulfide) groups is 1. The molecule has 1 aromatic heterocycles. The van der Waals surface area contributed by atoms with Gasteiger partial charge in [0.25, 0.3) is 11.6 Å². The zero-order chi connectivity index (χ0) is 15.4. The Morgan fingerprint density at radius 1 is 1.43 bits per heavy atom. The third-order valence-electron chi connectivity index (χ3n) is 2.96. The van der Waals surface area contributed by atoms with E-state index in [2.05, 4.69) is 5.32 Å². The number of nitrogens with one attached hydrogen (secondary N) is 1. The highest BCUT2D eigenvalue weighted by atomic mass is 32.2. The Kier molecular flexibility index (Phi) is 4.64. The van der Waals surface area contributed by atoms with Crippen molar-refractivity contribution in [1.29, 1.82) is 0 Å². The maximum Gasteiger partial charge on any atom is 0.283 e.